The Morgan fingerprint density at radius 2 is 2.03 bits per heavy atom. The summed E-state index contributed by atoms with van der Waals surface area (Å²) in [4.78, 5) is 36.9. The van der Waals surface area contributed by atoms with Crippen LogP contribution in [0.3, 0.4) is 0 Å². The molecule has 1 heterocycles. The van der Waals surface area contributed by atoms with Gasteiger partial charge >= 0.3 is 0 Å². The highest BCUT2D eigenvalue weighted by Crippen LogP contribution is 2.38. The molecule has 0 bridgehead atoms. The Balaban J connectivity index is 1.90. The smallest absolute Gasteiger partial charge is 0.293 e. The molecule has 2 aromatic rings. The number of nitro benzene ring substituents is 1. The van der Waals surface area contributed by atoms with Crippen LogP contribution in [0.2, 0.25) is 0 Å². The summed E-state index contributed by atoms with van der Waals surface area (Å²) in [6, 6.07) is 8.96. The van der Waals surface area contributed by atoms with Crippen molar-refractivity contribution in [2.45, 2.75) is 13.5 Å². The van der Waals surface area contributed by atoms with Crippen LogP contribution in [-0.2, 0) is 11.3 Å². The van der Waals surface area contributed by atoms with Gasteiger partial charge in [-0.2, -0.15) is 0 Å². The van der Waals surface area contributed by atoms with Crippen molar-refractivity contribution in [3.8, 4) is 11.5 Å². The number of ether oxygens (including phenoxy) is 1. The molecule has 1 N–H and O–H groups in total. The number of para-hydroxylation sites is 1. The number of amides is 2. The number of carbonyl (C=O) groups excluding carboxylic acids is 2. The second kappa shape index (κ2) is 8.66. The molecule has 0 unspecified atom stereocenters. The van der Waals surface area contributed by atoms with Gasteiger partial charge in [0, 0.05) is 16.1 Å². The molecule has 1 saturated heterocycles. The highest BCUT2D eigenvalue weighted by atomic mass is 79.9. The topological polar surface area (TPSA) is 110 Å². The quantitative estimate of drug-likeness (QED) is 0.363. The standard InChI is InChI=1S/C19H15BrN2O6S/c1-2-28-16-7-12(13(20)9-15(16)23)8-17-18(24)21(19(25)29-17)10-11-5-3-4-6-14(11)22(26)27/h3-9,23H,2,10H2,1H3/b17-8-. The van der Waals surface area contributed by atoms with Crippen LogP contribution in [0.15, 0.2) is 45.8 Å². The summed E-state index contributed by atoms with van der Waals surface area (Å²) in [7, 11) is 0. The van der Waals surface area contributed by atoms with E-state index < -0.39 is 16.1 Å². The Kier molecular flexibility index (Phi) is 6.23. The molecule has 0 radical (unpaired) electrons. The zero-order chi connectivity index (χ0) is 21.1. The minimum atomic E-state index is -0.549. The fourth-order valence-electron chi connectivity index (χ4n) is 2.71. The average Bonchev–Trinajstić information content (AvgIpc) is 2.93. The van der Waals surface area contributed by atoms with E-state index in [9.17, 15) is 24.8 Å². The summed E-state index contributed by atoms with van der Waals surface area (Å²) in [5, 5.41) is 20.6. The molecular formula is C19H15BrN2O6S. The molecule has 29 heavy (non-hydrogen) atoms. The van der Waals surface area contributed by atoms with Gasteiger partial charge in [-0.3, -0.25) is 24.6 Å². The fraction of sp³-hybridized carbons (Fsp3) is 0.158. The third-order valence-electron chi connectivity index (χ3n) is 4.06. The van der Waals surface area contributed by atoms with E-state index in [4.69, 9.17) is 4.74 Å². The second-order valence-corrected chi connectivity index (χ2v) is 7.78. The van der Waals surface area contributed by atoms with Crippen molar-refractivity contribution in [1.29, 1.82) is 0 Å². The first-order valence-corrected chi connectivity index (χ1v) is 10.1. The molecule has 2 aromatic carbocycles. The van der Waals surface area contributed by atoms with Crippen LogP contribution in [0.1, 0.15) is 18.1 Å². The largest absolute Gasteiger partial charge is 0.504 e. The lowest BCUT2D eigenvalue weighted by Crippen LogP contribution is -2.27. The first-order chi connectivity index (χ1) is 13.8. The summed E-state index contributed by atoms with van der Waals surface area (Å²) in [5.41, 5.74) is 0.658. The SMILES string of the molecule is CCOc1cc(/C=C2\SC(=O)N(Cc3ccccc3[N+](=O)[O-])C2=O)c(Br)cc1O. The third-order valence-corrected chi connectivity index (χ3v) is 5.65. The molecule has 150 valence electrons. The van der Waals surface area contributed by atoms with E-state index >= 15 is 0 Å². The molecule has 0 spiro atoms. The maximum Gasteiger partial charge on any atom is 0.293 e. The Morgan fingerprint density at radius 1 is 1.31 bits per heavy atom. The molecule has 10 heteroatoms. The Bertz CT molecular complexity index is 1040. The molecule has 0 aliphatic carbocycles. The van der Waals surface area contributed by atoms with Crippen molar-refractivity contribution >= 4 is 50.6 Å². The van der Waals surface area contributed by atoms with Crippen molar-refractivity contribution < 1.29 is 24.4 Å². The number of carbonyl (C=O) groups is 2. The van der Waals surface area contributed by atoms with Gasteiger partial charge in [-0.1, -0.05) is 34.1 Å². The zero-order valence-corrected chi connectivity index (χ0v) is 17.5. The van der Waals surface area contributed by atoms with Crippen molar-refractivity contribution in [3.63, 3.8) is 0 Å². The number of thioether (sulfide) groups is 1. The number of rotatable bonds is 6. The van der Waals surface area contributed by atoms with E-state index in [1.165, 1.54) is 30.3 Å². The first-order valence-electron chi connectivity index (χ1n) is 8.44. The predicted molar refractivity (Wildman–Crippen MR) is 112 cm³/mol. The van der Waals surface area contributed by atoms with Gasteiger partial charge in [0.05, 0.1) is 23.0 Å². The minimum Gasteiger partial charge on any atom is -0.504 e. The van der Waals surface area contributed by atoms with Crippen molar-refractivity contribution in [3.05, 3.63) is 67.0 Å². The van der Waals surface area contributed by atoms with Crippen molar-refractivity contribution in [1.82, 2.24) is 4.90 Å². The van der Waals surface area contributed by atoms with Gasteiger partial charge < -0.3 is 9.84 Å². The summed E-state index contributed by atoms with van der Waals surface area (Å²) in [6.07, 6.45) is 1.51. The predicted octanol–water partition coefficient (Wildman–Crippen LogP) is 4.70. The molecule has 1 fully saturated rings. The number of nitrogens with zero attached hydrogens (tertiary/aromatic N) is 2. The van der Waals surface area contributed by atoms with Crippen LogP contribution in [0, 0.1) is 10.1 Å². The van der Waals surface area contributed by atoms with E-state index in [1.807, 2.05) is 0 Å². The monoisotopic (exact) mass is 478 g/mol. The molecule has 0 saturated carbocycles. The van der Waals surface area contributed by atoms with Gasteiger partial charge in [-0.15, -0.1) is 0 Å². The highest BCUT2D eigenvalue weighted by Gasteiger charge is 2.36. The van der Waals surface area contributed by atoms with Crippen LogP contribution in [-0.4, -0.2) is 32.7 Å². The lowest BCUT2D eigenvalue weighted by atomic mass is 10.1. The molecule has 3 rings (SSSR count). The highest BCUT2D eigenvalue weighted by molar-refractivity contribution is 9.10. The van der Waals surface area contributed by atoms with E-state index in [0.717, 1.165) is 16.7 Å². The third kappa shape index (κ3) is 4.43. The van der Waals surface area contributed by atoms with Crippen LogP contribution in [0.25, 0.3) is 6.08 Å². The lowest BCUT2D eigenvalue weighted by molar-refractivity contribution is -0.385. The number of hydrogen-bond acceptors (Lipinski definition) is 7. The van der Waals surface area contributed by atoms with Crippen LogP contribution < -0.4 is 4.74 Å². The Hall–Kier alpha value is -2.85. The van der Waals surface area contributed by atoms with Gasteiger partial charge in [-0.05, 0) is 42.5 Å². The van der Waals surface area contributed by atoms with E-state index in [0.29, 0.717) is 16.6 Å². The lowest BCUT2D eigenvalue weighted by Gasteiger charge is -2.12. The van der Waals surface area contributed by atoms with E-state index in [-0.39, 0.29) is 34.2 Å². The summed E-state index contributed by atoms with van der Waals surface area (Å²) < 4.78 is 5.86. The number of hydrogen-bond donors (Lipinski definition) is 1. The summed E-state index contributed by atoms with van der Waals surface area (Å²) in [5.74, 6) is -0.349. The Labute approximate surface area is 178 Å². The number of nitro groups is 1. The molecular weight excluding hydrogens is 464 g/mol. The number of halogens is 1. The number of phenols is 1. The van der Waals surface area contributed by atoms with Gasteiger partial charge in [0.2, 0.25) is 0 Å². The van der Waals surface area contributed by atoms with Crippen molar-refractivity contribution in [2.24, 2.45) is 0 Å². The number of imide groups is 1. The summed E-state index contributed by atoms with van der Waals surface area (Å²) >= 11 is 4.06. The van der Waals surface area contributed by atoms with E-state index in [2.05, 4.69) is 15.9 Å². The molecule has 2 amide bonds. The van der Waals surface area contributed by atoms with Gasteiger partial charge in [0.25, 0.3) is 16.8 Å². The summed E-state index contributed by atoms with van der Waals surface area (Å²) in [6.45, 7) is 1.93. The molecule has 1 aliphatic rings. The average molecular weight is 479 g/mol. The Morgan fingerprint density at radius 3 is 2.72 bits per heavy atom. The maximum atomic E-state index is 12.7. The van der Waals surface area contributed by atoms with Gasteiger partial charge in [0.15, 0.2) is 11.5 Å². The number of phenolic OH excluding ortho intramolecular Hbond substituents is 1. The fourth-order valence-corrected chi connectivity index (χ4v) is 3.99. The minimum absolute atomic E-state index is 0.0552. The van der Waals surface area contributed by atoms with Crippen molar-refractivity contribution in [2.75, 3.05) is 6.61 Å². The molecule has 0 aromatic heterocycles. The second-order valence-electron chi connectivity index (χ2n) is 5.93. The van der Waals surface area contributed by atoms with Gasteiger partial charge in [0.1, 0.15) is 0 Å². The van der Waals surface area contributed by atoms with Crippen LogP contribution >= 0.6 is 27.7 Å². The number of benzene rings is 2. The van der Waals surface area contributed by atoms with Crippen LogP contribution in [0.4, 0.5) is 10.5 Å². The van der Waals surface area contributed by atoms with Crippen LogP contribution in [0.5, 0.6) is 11.5 Å². The molecule has 1 aliphatic heterocycles. The zero-order valence-electron chi connectivity index (χ0n) is 15.1. The first kappa shape index (κ1) is 20.9. The van der Waals surface area contributed by atoms with E-state index in [1.54, 1.807) is 19.1 Å². The molecule has 0 atom stereocenters. The normalized spacial score (nSPS) is 15.2. The van der Waals surface area contributed by atoms with Gasteiger partial charge in [-0.25, -0.2) is 0 Å². The number of aromatic hydroxyl groups is 1. The molecule has 8 nitrogen and oxygen atoms in total. The maximum absolute atomic E-state index is 12.7.